The number of anilines is 1. The predicted octanol–water partition coefficient (Wildman–Crippen LogP) is 3.00. The number of benzene rings is 2. The Morgan fingerprint density at radius 2 is 1.61 bits per heavy atom. The van der Waals surface area contributed by atoms with Crippen molar-refractivity contribution >= 4 is 39.1 Å². The van der Waals surface area contributed by atoms with Crippen molar-refractivity contribution in [3.63, 3.8) is 0 Å². The summed E-state index contributed by atoms with van der Waals surface area (Å²) in [5.41, 5.74) is 1.94. The summed E-state index contributed by atoms with van der Waals surface area (Å²) in [6.45, 7) is 1.91. The number of rotatable bonds is 5. The van der Waals surface area contributed by atoms with E-state index in [0.29, 0.717) is 18.4 Å². The summed E-state index contributed by atoms with van der Waals surface area (Å²) in [6.07, 6.45) is 1.11. The van der Waals surface area contributed by atoms with Gasteiger partial charge in [0.05, 0.1) is 22.9 Å². The number of Topliss-reactive ketones (excluding diaryl/α,β-unsaturated/α-hetero) is 2. The van der Waals surface area contributed by atoms with Gasteiger partial charge in [-0.3, -0.25) is 28.8 Å². The van der Waals surface area contributed by atoms with Crippen LogP contribution in [-0.2, 0) is 25.4 Å². The van der Waals surface area contributed by atoms with Crippen molar-refractivity contribution in [3.05, 3.63) is 64.7 Å². The Hall–Kier alpha value is -3.33. The maximum Gasteiger partial charge on any atom is 0.262 e. The SMILES string of the molecule is Cc1ccc(CS(=O)(=O)Nc2ccc3c(c2)C(=O)N(C2CCC(=O)CCCC2=O)C3=O)cc1. The molecule has 8 nitrogen and oxygen atoms in total. The molecule has 1 unspecified atom stereocenters. The Morgan fingerprint density at radius 1 is 0.909 bits per heavy atom. The second kappa shape index (κ2) is 8.90. The second-order valence-electron chi connectivity index (χ2n) is 8.50. The molecule has 2 aromatic carbocycles. The largest absolute Gasteiger partial charge is 0.300 e. The van der Waals surface area contributed by atoms with Gasteiger partial charge in [0.2, 0.25) is 10.0 Å². The van der Waals surface area contributed by atoms with Gasteiger partial charge in [-0.2, -0.15) is 0 Å². The fraction of sp³-hybridized carbons (Fsp3) is 0.333. The molecule has 0 bridgehead atoms. The molecular formula is C24H24N2O6S. The number of hydrogen-bond donors (Lipinski definition) is 1. The number of imide groups is 1. The summed E-state index contributed by atoms with van der Waals surface area (Å²) < 4.78 is 27.7. The van der Waals surface area contributed by atoms with Crippen LogP contribution in [0.15, 0.2) is 42.5 Å². The molecule has 33 heavy (non-hydrogen) atoms. The van der Waals surface area contributed by atoms with Crippen molar-refractivity contribution in [2.45, 2.75) is 50.8 Å². The lowest BCUT2D eigenvalue weighted by molar-refractivity contribution is -0.125. The highest BCUT2D eigenvalue weighted by atomic mass is 32.2. The average Bonchev–Trinajstić information content (AvgIpc) is 2.98. The van der Waals surface area contributed by atoms with E-state index in [2.05, 4.69) is 4.72 Å². The molecule has 1 saturated carbocycles. The normalized spacial score (nSPS) is 19.3. The monoisotopic (exact) mass is 468 g/mol. The van der Waals surface area contributed by atoms with Crippen LogP contribution in [0.25, 0.3) is 0 Å². The van der Waals surface area contributed by atoms with Crippen molar-refractivity contribution in [1.29, 1.82) is 0 Å². The van der Waals surface area contributed by atoms with Crippen LogP contribution in [0.1, 0.15) is 63.9 Å². The van der Waals surface area contributed by atoms with E-state index in [9.17, 15) is 27.6 Å². The molecule has 9 heteroatoms. The van der Waals surface area contributed by atoms with Crippen molar-refractivity contribution in [1.82, 2.24) is 4.90 Å². The molecule has 1 aliphatic heterocycles. The van der Waals surface area contributed by atoms with Crippen molar-refractivity contribution in [2.24, 2.45) is 0 Å². The Bertz CT molecular complexity index is 1250. The summed E-state index contributed by atoms with van der Waals surface area (Å²) in [5.74, 6) is -1.73. The summed E-state index contributed by atoms with van der Waals surface area (Å²) >= 11 is 0. The minimum absolute atomic E-state index is 0.00868. The fourth-order valence-electron chi connectivity index (χ4n) is 4.21. The van der Waals surface area contributed by atoms with Crippen LogP contribution in [0.4, 0.5) is 5.69 Å². The van der Waals surface area contributed by atoms with Gasteiger partial charge in [0.25, 0.3) is 11.8 Å². The third-order valence-corrected chi connectivity index (χ3v) is 7.19. The smallest absolute Gasteiger partial charge is 0.262 e. The lowest BCUT2D eigenvalue weighted by Gasteiger charge is -2.26. The second-order valence-corrected chi connectivity index (χ2v) is 10.2. The summed E-state index contributed by atoms with van der Waals surface area (Å²) in [6, 6.07) is 10.3. The summed E-state index contributed by atoms with van der Waals surface area (Å²) in [5, 5.41) is 0. The van der Waals surface area contributed by atoms with Crippen LogP contribution in [0, 0.1) is 6.92 Å². The van der Waals surface area contributed by atoms with Gasteiger partial charge in [-0.1, -0.05) is 29.8 Å². The number of hydrogen-bond acceptors (Lipinski definition) is 6. The number of amides is 2. The van der Waals surface area contributed by atoms with Gasteiger partial charge in [0.1, 0.15) is 5.78 Å². The molecule has 0 saturated heterocycles. The van der Waals surface area contributed by atoms with E-state index in [1.807, 2.05) is 19.1 Å². The quantitative estimate of drug-likeness (QED) is 0.674. The number of carbonyl (C=O) groups excluding carboxylic acids is 4. The van der Waals surface area contributed by atoms with Crippen LogP contribution < -0.4 is 4.72 Å². The number of aryl methyl sites for hydroxylation is 1. The number of carbonyl (C=O) groups is 4. The highest BCUT2D eigenvalue weighted by Gasteiger charge is 2.43. The lowest BCUT2D eigenvalue weighted by atomic mass is 9.94. The lowest BCUT2D eigenvalue weighted by Crippen LogP contribution is -2.45. The molecule has 1 aliphatic carbocycles. The summed E-state index contributed by atoms with van der Waals surface area (Å²) in [4.78, 5) is 51.4. The first kappa shape index (κ1) is 22.8. The van der Waals surface area contributed by atoms with Crippen LogP contribution in [-0.4, -0.2) is 42.7 Å². The van der Waals surface area contributed by atoms with Crippen LogP contribution in [0.3, 0.4) is 0 Å². The molecule has 1 atom stereocenters. The zero-order valence-electron chi connectivity index (χ0n) is 18.2. The zero-order valence-corrected chi connectivity index (χ0v) is 19.0. The predicted molar refractivity (Wildman–Crippen MR) is 121 cm³/mol. The zero-order chi connectivity index (χ0) is 23.8. The van der Waals surface area contributed by atoms with Crippen molar-refractivity contribution in [2.75, 3.05) is 4.72 Å². The molecule has 0 spiro atoms. The molecule has 172 valence electrons. The Labute approximate surface area is 192 Å². The van der Waals surface area contributed by atoms with Crippen molar-refractivity contribution in [3.8, 4) is 0 Å². The van der Waals surface area contributed by atoms with Gasteiger partial charge < -0.3 is 0 Å². The molecule has 1 fully saturated rings. The molecule has 2 aromatic rings. The van der Waals surface area contributed by atoms with E-state index in [4.69, 9.17) is 0 Å². The van der Waals surface area contributed by atoms with Gasteiger partial charge in [-0.15, -0.1) is 0 Å². The maximum atomic E-state index is 13.1. The van der Waals surface area contributed by atoms with Crippen LogP contribution >= 0.6 is 0 Å². The number of ketones is 2. The first-order valence-electron chi connectivity index (χ1n) is 10.8. The van der Waals surface area contributed by atoms with Gasteiger partial charge in [0, 0.05) is 24.9 Å². The third kappa shape index (κ3) is 4.88. The molecule has 1 heterocycles. The minimum atomic E-state index is -3.76. The van der Waals surface area contributed by atoms with E-state index in [1.165, 1.54) is 18.2 Å². The molecule has 0 aromatic heterocycles. The van der Waals surface area contributed by atoms with Gasteiger partial charge in [-0.25, -0.2) is 8.42 Å². The molecule has 0 radical (unpaired) electrons. The van der Waals surface area contributed by atoms with E-state index >= 15 is 0 Å². The van der Waals surface area contributed by atoms with Gasteiger partial charge in [-0.05, 0) is 43.5 Å². The van der Waals surface area contributed by atoms with Crippen molar-refractivity contribution < 1.29 is 27.6 Å². The molecule has 2 aliphatic rings. The average molecular weight is 469 g/mol. The highest BCUT2D eigenvalue weighted by Crippen LogP contribution is 2.30. The van der Waals surface area contributed by atoms with E-state index in [1.54, 1.807) is 12.1 Å². The first-order valence-corrected chi connectivity index (χ1v) is 12.4. The number of sulfonamides is 1. The highest BCUT2D eigenvalue weighted by molar-refractivity contribution is 7.91. The number of fused-ring (bicyclic) bond motifs is 1. The topological polar surface area (TPSA) is 118 Å². The Morgan fingerprint density at radius 3 is 2.33 bits per heavy atom. The number of nitrogens with one attached hydrogen (secondary N) is 1. The van der Waals surface area contributed by atoms with Crippen LogP contribution in [0.5, 0.6) is 0 Å². The molecular weight excluding hydrogens is 444 g/mol. The van der Waals surface area contributed by atoms with E-state index in [0.717, 1.165) is 10.5 Å². The minimum Gasteiger partial charge on any atom is -0.300 e. The molecule has 4 rings (SSSR count). The van der Waals surface area contributed by atoms with Gasteiger partial charge >= 0.3 is 0 Å². The Balaban J connectivity index is 1.55. The van der Waals surface area contributed by atoms with Gasteiger partial charge in [0.15, 0.2) is 5.78 Å². The van der Waals surface area contributed by atoms with E-state index in [-0.39, 0.29) is 53.4 Å². The third-order valence-electron chi connectivity index (χ3n) is 5.93. The molecule has 2 amide bonds. The van der Waals surface area contributed by atoms with E-state index < -0.39 is 27.9 Å². The standard InChI is InChI=1S/C24H24N2O6S/c1-15-5-7-16(8-6-15)14-33(31,32)25-17-9-11-19-20(13-17)24(30)26(23(19)29)21-12-10-18(27)3-2-4-22(21)28/h5-9,11,13,21,25H,2-4,10,12,14H2,1H3. The summed E-state index contributed by atoms with van der Waals surface area (Å²) in [7, 11) is -3.76. The Kier molecular flexibility index (Phi) is 6.16. The van der Waals surface area contributed by atoms with Crippen LogP contribution in [0.2, 0.25) is 0 Å². The first-order chi connectivity index (χ1) is 15.6. The fourth-order valence-corrected chi connectivity index (χ4v) is 5.40. The molecule has 1 N–H and O–H groups in total. The number of nitrogens with zero attached hydrogens (tertiary/aromatic N) is 1. The maximum absolute atomic E-state index is 13.1.